The van der Waals surface area contributed by atoms with E-state index in [1.54, 1.807) is 18.9 Å². The van der Waals surface area contributed by atoms with Crippen molar-refractivity contribution in [3.8, 4) is 11.5 Å². The predicted molar refractivity (Wildman–Crippen MR) is 107 cm³/mol. The largest absolute Gasteiger partial charge is 0.493 e. The summed E-state index contributed by atoms with van der Waals surface area (Å²) in [6.45, 7) is 2.65. The van der Waals surface area contributed by atoms with E-state index in [-0.39, 0.29) is 17.8 Å². The van der Waals surface area contributed by atoms with Gasteiger partial charge in [0.1, 0.15) is 0 Å². The smallest absolute Gasteiger partial charge is 0.236 e. The van der Waals surface area contributed by atoms with Crippen LogP contribution in [0.15, 0.2) is 34.4 Å². The number of ether oxygens (including phenoxy) is 2. The molecule has 1 aromatic heterocycles. The molecule has 27 heavy (non-hydrogen) atoms. The Bertz CT molecular complexity index is 840. The number of carbonyl (C=O) groups is 1. The second kappa shape index (κ2) is 9.14. The van der Waals surface area contributed by atoms with Crippen LogP contribution in [0.5, 0.6) is 11.5 Å². The summed E-state index contributed by atoms with van der Waals surface area (Å²) in [7, 11) is 3.46. The minimum absolute atomic E-state index is 0.101. The lowest BCUT2D eigenvalue weighted by atomic mass is 10.3. The molecule has 1 atom stereocenters. The van der Waals surface area contributed by atoms with Crippen LogP contribution in [0.25, 0.3) is 0 Å². The molecular formula is C17H21N5O3S2. The molecule has 0 fully saturated rings. The molecule has 2 aromatic rings. The Kier molecular flexibility index (Phi) is 6.62. The predicted octanol–water partition coefficient (Wildman–Crippen LogP) is 2.27. The maximum absolute atomic E-state index is 12.0. The Balaban J connectivity index is 1.59. The van der Waals surface area contributed by atoms with Gasteiger partial charge in [0.15, 0.2) is 33.8 Å². The number of para-hydroxylation sites is 2. The number of hydrogen-bond acceptors (Lipinski definition) is 8. The number of rotatable bonds is 7. The average Bonchev–Trinajstić information content (AvgIpc) is 3.30. The zero-order valence-corrected chi connectivity index (χ0v) is 17.0. The number of nitrogens with zero attached hydrogens (tertiary/aromatic N) is 4. The molecule has 1 aliphatic heterocycles. The van der Waals surface area contributed by atoms with Gasteiger partial charge in [0, 0.05) is 12.8 Å². The summed E-state index contributed by atoms with van der Waals surface area (Å²) in [4.78, 5) is 16.2. The fourth-order valence-electron chi connectivity index (χ4n) is 2.46. The van der Waals surface area contributed by atoms with Gasteiger partial charge in [0.25, 0.3) is 0 Å². The first-order valence-corrected chi connectivity index (χ1v) is 10.3. The maximum atomic E-state index is 12.0. The second-order valence-electron chi connectivity index (χ2n) is 5.68. The van der Waals surface area contributed by atoms with E-state index in [4.69, 9.17) is 9.47 Å². The van der Waals surface area contributed by atoms with Crippen molar-refractivity contribution in [2.75, 3.05) is 25.2 Å². The summed E-state index contributed by atoms with van der Waals surface area (Å²) in [5, 5.41) is 12.5. The monoisotopic (exact) mass is 407 g/mol. The van der Waals surface area contributed by atoms with E-state index in [2.05, 4.69) is 20.5 Å². The number of methoxy groups -OCH3 is 1. The van der Waals surface area contributed by atoms with E-state index in [1.165, 1.54) is 11.8 Å². The lowest BCUT2D eigenvalue weighted by Crippen LogP contribution is -2.29. The molecule has 8 nitrogen and oxygen atoms in total. The van der Waals surface area contributed by atoms with Crippen LogP contribution in [-0.2, 0) is 11.8 Å². The van der Waals surface area contributed by atoms with E-state index < -0.39 is 0 Å². The van der Waals surface area contributed by atoms with Crippen LogP contribution in [0.4, 0.5) is 0 Å². The van der Waals surface area contributed by atoms with Crippen molar-refractivity contribution in [1.82, 2.24) is 20.1 Å². The summed E-state index contributed by atoms with van der Waals surface area (Å²) in [5.41, 5.74) is 0. The van der Waals surface area contributed by atoms with Gasteiger partial charge in [-0.25, -0.2) is 0 Å². The van der Waals surface area contributed by atoms with Gasteiger partial charge in [-0.3, -0.25) is 9.79 Å². The standard InChI is InChI=1S/C17H21N5O3S2/c1-11(25-13-7-5-4-6-12(13)24-3)15-20-21-17(22(15)2)27-10-14(23)19-16-18-8-9-26-16/h4-7,11H,8-10H2,1-3H3,(H,18,19,23). The first-order valence-electron chi connectivity index (χ1n) is 8.37. The van der Waals surface area contributed by atoms with Crippen molar-refractivity contribution < 1.29 is 14.3 Å². The van der Waals surface area contributed by atoms with Crippen LogP contribution >= 0.6 is 23.5 Å². The SMILES string of the molecule is COc1ccccc1OC(C)c1nnc(SCC(=O)NC2=NCCS2)n1C. The highest BCUT2D eigenvalue weighted by Crippen LogP contribution is 2.30. The third kappa shape index (κ3) is 4.95. The molecule has 1 unspecified atom stereocenters. The Hall–Kier alpha value is -2.20. The van der Waals surface area contributed by atoms with Crippen LogP contribution < -0.4 is 14.8 Å². The van der Waals surface area contributed by atoms with Crippen LogP contribution in [-0.4, -0.2) is 51.0 Å². The Morgan fingerprint density at radius 1 is 1.37 bits per heavy atom. The van der Waals surface area contributed by atoms with Crippen LogP contribution in [0, 0.1) is 0 Å². The number of aliphatic imine (C=N–C) groups is 1. The van der Waals surface area contributed by atoms with Crippen molar-refractivity contribution in [2.24, 2.45) is 12.0 Å². The van der Waals surface area contributed by atoms with Gasteiger partial charge in [-0.05, 0) is 19.1 Å². The topological polar surface area (TPSA) is 90.6 Å². The van der Waals surface area contributed by atoms with E-state index in [0.29, 0.717) is 27.6 Å². The fraction of sp³-hybridized carbons (Fsp3) is 0.412. The molecule has 1 aliphatic rings. The van der Waals surface area contributed by atoms with E-state index in [0.717, 1.165) is 12.3 Å². The summed E-state index contributed by atoms with van der Waals surface area (Å²) in [5.74, 6) is 3.02. The Labute approximate surface area is 166 Å². The molecule has 2 heterocycles. The highest BCUT2D eigenvalue weighted by molar-refractivity contribution is 8.14. The number of carbonyl (C=O) groups excluding carboxylic acids is 1. The third-order valence-corrected chi connectivity index (χ3v) is 5.68. The van der Waals surface area contributed by atoms with E-state index in [1.807, 2.05) is 42.8 Å². The molecule has 3 rings (SSSR count). The summed E-state index contributed by atoms with van der Waals surface area (Å²) >= 11 is 2.88. The maximum Gasteiger partial charge on any atom is 0.236 e. The second-order valence-corrected chi connectivity index (χ2v) is 7.71. The summed E-state index contributed by atoms with van der Waals surface area (Å²) < 4.78 is 13.1. The molecule has 0 saturated heterocycles. The highest BCUT2D eigenvalue weighted by Gasteiger charge is 2.19. The van der Waals surface area contributed by atoms with E-state index in [9.17, 15) is 4.79 Å². The number of aromatic nitrogens is 3. The quantitative estimate of drug-likeness (QED) is 0.704. The molecular weight excluding hydrogens is 386 g/mol. The molecule has 1 N–H and O–H groups in total. The van der Waals surface area contributed by atoms with Gasteiger partial charge in [-0.2, -0.15) is 0 Å². The normalized spacial score (nSPS) is 14.6. The molecule has 144 valence electrons. The fourth-order valence-corrected chi connectivity index (χ4v) is 3.92. The highest BCUT2D eigenvalue weighted by atomic mass is 32.2. The average molecular weight is 408 g/mol. The zero-order chi connectivity index (χ0) is 19.2. The number of thioether (sulfide) groups is 2. The first kappa shape index (κ1) is 19.6. The van der Waals surface area contributed by atoms with Crippen LogP contribution in [0.1, 0.15) is 18.9 Å². The van der Waals surface area contributed by atoms with Crippen LogP contribution in [0.2, 0.25) is 0 Å². The summed E-state index contributed by atoms with van der Waals surface area (Å²) in [6, 6.07) is 7.45. The van der Waals surface area contributed by atoms with Gasteiger partial charge < -0.3 is 19.4 Å². The lowest BCUT2D eigenvalue weighted by molar-refractivity contribution is -0.117. The molecule has 1 aromatic carbocycles. The third-order valence-electron chi connectivity index (χ3n) is 3.77. The zero-order valence-electron chi connectivity index (χ0n) is 15.3. The molecule has 0 saturated carbocycles. The molecule has 0 radical (unpaired) electrons. The first-order chi connectivity index (χ1) is 13.1. The van der Waals surface area contributed by atoms with Crippen molar-refractivity contribution in [2.45, 2.75) is 18.2 Å². The van der Waals surface area contributed by atoms with Crippen molar-refractivity contribution in [1.29, 1.82) is 0 Å². The van der Waals surface area contributed by atoms with Gasteiger partial charge in [-0.15, -0.1) is 10.2 Å². The number of amidine groups is 1. The van der Waals surface area contributed by atoms with Crippen molar-refractivity contribution in [3.63, 3.8) is 0 Å². The number of benzene rings is 1. The summed E-state index contributed by atoms with van der Waals surface area (Å²) in [6.07, 6.45) is -0.328. The van der Waals surface area contributed by atoms with Gasteiger partial charge in [0.05, 0.1) is 19.4 Å². The minimum atomic E-state index is -0.328. The van der Waals surface area contributed by atoms with Crippen molar-refractivity contribution >= 4 is 34.6 Å². The molecule has 0 aliphatic carbocycles. The minimum Gasteiger partial charge on any atom is -0.493 e. The molecule has 0 spiro atoms. The van der Waals surface area contributed by atoms with Gasteiger partial charge >= 0.3 is 0 Å². The Morgan fingerprint density at radius 3 is 2.85 bits per heavy atom. The number of hydrogen-bond donors (Lipinski definition) is 1. The molecule has 0 bridgehead atoms. The number of amides is 1. The number of nitrogens with one attached hydrogen (secondary N) is 1. The van der Waals surface area contributed by atoms with Gasteiger partial charge in [0.2, 0.25) is 5.91 Å². The Morgan fingerprint density at radius 2 is 2.15 bits per heavy atom. The van der Waals surface area contributed by atoms with Crippen LogP contribution in [0.3, 0.4) is 0 Å². The van der Waals surface area contributed by atoms with Crippen molar-refractivity contribution in [3.05, 3.63) is 30.1 Å². The lowest BCUT2D eigenvalue weighted by Gasteiger charge is -2.16. The van der Waals surface area contributed by atoms with Gasteiger partial charge in [-0.1, -0.05) is 35.7 Å². The molecule has 10 heteroatoms. The van der Waals surface area contributed by atoms with E-state index >= 15 is 0 Å². The molecule has 1 amide bonds.